The van der Waals surface area contributed by atoms with Crippen LogP contribution in [0, 0.1) is 0 Å². The lowest BCUT2D eigenvalue weighted by molar-refractivity contribution is 0.669. The minimum atomic E-state index is 0.904. The fourth-order valence-corrected chi connectivity index (χ4v) is 9.40. The molecule has 0 N–H and O–H groups in total. The van der Waals surface area contributed by atoms with Crippen molar-refractivity contribution in [3.63, 3.8) is 0 Å². The molecule has 0 fully saturated rings. The predicted octanol–water partition coefficient (Wildman–Crippen LogP) is 15.1. The third-order valence-corrected chi connectivity index (χ3v) is 11.8. The molecule has 0 saturated heterocycles. The molecule has 0 unspecified atom stereocenters. The van der Waals surface area contributed by atoms with Crippen molar-refractivity contribution in [1.82, 2.24) is 0 Å². The Labute approximate surface area is 310 Å². The van der Waals surface area contributed by atoms with Gasteiger partial charge in [-0.1, -0.05) is 146 Å². The second-order valence-electron chi connectivity index (χ2n) is 13.7. The second-order valence-corrected chi connectivity index (χ2v) is 14.7. The maximum Gasteiger partial charge on any atom is 0.136 e. The number of furan rings is 1. The molecular weight excluding hydrogens is 663 g/mol. The number of benzene rings is 9. The van der Waals surface area contributed by atoms with Gasteiger partial charge in [-0.25, -0.2) is 0 Å². The minimum absolute atomic E-state index is 0.904. The first kappa shape index (κ1) is 30.0. The summed E-state index contributed by atoms with van der Waals surface area (Å²) in [6.45, 7) is 0. The van der Waals surface area contributed by atoms with Gasteiger partial charge in [0.15, 0.2) is 0 Å². The Hall–Kier alpha value is -6.68. The van der Waals surface area contributed by atoms with Crippen molar-refractivity contribution in [2.24, 2.45) is 0 Å². The lowest BCUT2D eigenvalue weighted by Crippen LogP contribution is -2.12. The van der Waals surface area contributed by atoms with Gasteiger partial charge in [-0.3, -0.25) is 0 Å². The molecule has 0 saturated carbocycles. The first-order valence-corrected chi connectivity index (χ1v) is 18.8. The number of hydrogen-bond acceptors (Lipinski definition) is 3. The topological polar surface area (TPSA) is 16.4 Å². The molecule has 3 heteroatoms. The zero-order valence-electron chi connectivity index (χ0n) is 28.7. The summed E-state index contributed by atoms with van der Waals surface area (Å²) in [4.78, 5) is 2.51. The summed E-state index contributed by atoms with van der Waals surface area (Å²) in [6, 6.07) is 68.1. The molecule has 0 aliphatic rings. The smallest absolute Gasteiger partial charge is 0.136 e. The van der Waals surface area contributed by atoms with Crippen LogP contribution in [0.3, 0.4) is 0 Å². The van der Waals surface area contributed by atoms with Crippen LogP contribution in [-0.2, 0) is 0 Å². The Balaban J connectivity index is 1.19. The zero-order chi connectivity index (χ0) is 34.9. The monoisotopic (exact) mass is 693 g/mol. The number of rotatable bonds is 5. The van der Waals surface area contributed by atoms with E-state index in [2.05, 4.69) is 181 Å². The van der Waals surface area contributed by atoms with Gasteiger partial charge in [0.25, 0.3) is 0 Å². The summed E-state index contributed by atoms with van der Waals surface area (Å²) in [7, 11) is 0. The highest BCUT2D eigenvalue weighted by Gasteiger charge is 2.25. The molecule has 2 heterocycles. The molecule has 248 valence electrons. The first-order valence-electron chi connectivity index (χ1n) is 18.0. The second kappa shape index (κ2) is 11.9. The lowest BCUT2D eigenvalue weighted by atomic mass is 9.96. The third kappa shape index (κ3) is 4.78. The van der Waals surface area contributed by atoms with E-state index in [0.717, 1.165) is 44.4 Å². The molecule has 0 spiro atoms. The standard InChI is InChI=1S/C50H31NOS/c1-2-12-33(13-3-1)38-28-29-44-43-19-9-11-21-48(43)53-50(44)49(38)51(45-30-35-14-4-5-15-37(35)39-16-6-7-17-40(39)45)36-25-22-32(23-26-36)34-24-27-42-41-18-8-10-20-46(41)52-47(42)31-34/h1-31H. The summed E-state index contributed by atoms with van der Waals surface area (Å²) < 4.78 is 8.84. The van der Waals surface area contributed by atoms with Crippen LogP contribution in [0.4, 0.5) is 17.1 Å². The Morgan fingerprint density at radius 2 is 1.04 bits per heavy atom. The highest BCUT2D eigenvalue weighted by molar-refractivity contribution is 7.26. The summed E-state index contributed by atoms with van der Waals surface area (Å²) in [6.07, 6.45) is 0. The van der Waals surface area contributed by atoms with Gasteiger partial charge in [-0.2, -0.15) is 0 Å². The molecule has 2 aromatic heterocycles. The van der Waals surface area contributed by atoms with E-state index in [4.69, 9.17) is 4.42 Å². The number of nitrogens with zero attached hydrogens (tertiary/aromatic N) is 1. The van der Waals surface area contributed by atoms with Crippen LogP contribution in [0.25, 0.3) is 85.9 Å². The molecule has 9 aromatic carbocycles. The number of hydrogen-bond donors (Lipinski definition) is 0. The van der Waals surface area contributed by atoms with E-state index in [1.165, 1.54) is 58.5 Å². The molecule has 0 atom stereocenters. The van der Waals surface area contributed by atoms with Crippen molar-refractivity contribution >= 4 is 92.1 Å². The van der Waals surface area contributed by atoms with E-state index in [1.807, 2.05) is 23.5 Å². The van der Waals surface area contributed by atoms with E-state index in [0.29, 0.717) is 0 Å². The van der Waals surface area contributed by atoms with E-state index in [-0.39, 0.29) is 0 Å². The number of para-hydroxylation sites is 1. The molecule has 11 rings (SSSR count). The maximum atomic E-state index is 6.28. The summed E-state index contributed by atoms with van der Waals surface area (Å²) in [5, 5.41) is 9.76. The zero-order valence-corrected chi connectivity index (χ0v) is 29.5. The van der Waals surface area contributed by atoms with Gasteiger partial charge in [0, 0.05) is 42.9 Å². The normalized spacial score (nSPS) is 11.8. The van der Waals surface area contributed by atoms with E-state index in [9.17, 15) is 0 Å². The van der Waals surface area contributed by atoms with Gasteiger partial charge >= 0.3 is 0 Å². The van der Waals surface area contributed by atoms with E-state index >= 15 is 0 Å². The van der Waals surface area contributed by atoms with Gasteiger partial charge in [0.05, 0.1) is 16.1 Å². The molecule has 0 bridgehead atoms. The van der Waals surface area contributed by atoms with Gasteiger partial charge < -0.3 is 9.32 Å². The van der Waals surface area contributed by atoms with Crippen LogP contribution in [0.1, 0.15) is 0 Å². The summed E-state index contributed by atoms with van der Waals surface area (Å²) in [5.74, 6) is 0. The fourth-order valence-electron chi connectivity index (χ4n) is 8.16. The number of thiophene rings is 1. The average molecular weight is 694 g/mol. The molecule has 53 heavy (non-hydrogen) atoms. The molecule has 2 nitrogen and oxygen atoms in total. The third-order valence-electron chi connectivity index (χ3n) is 10.7. The van der Waals surface area contributed by atoms with Crippen LogP contribution in [0.15, 0.2) is 192 Å². The van der Waals surface area contributed by atoms with Crippen LogP contribution in [-0.4, -0.2) is 0 Å². The highest BCUT2D eigenvalue weighted by Crippen LogP contribution is 2.51. The SMILES string of the molecule is c1ccc(-c2ccc3c(sc4ccccc43)c2N(c2ccc(-c3ccc4c(c3)oc3ccccc34)cc2)c2cc3ccccc3c3ccccc23)cc1. The molecule has 0 aliphatic heterocycles. The summed E-state index contributed by atoms with van der Waals surface area (Å²) in [5.41, 5.74) is 9.91. The van der Waals surface area contributed by atoms with Crippen LogP contribution >= 0.6 is 11.3 Å². The van der Waals surface area contributed by atoms with Gasteiger partial charge in [-0.05, 0) is 75.3 Å². The Morgan fingerprint density at radius 3 is 1.89 bits per heavy atom. The van der Waals surface area contributed by atoms with Crippen LogP contribution in [0.5, 0.6) is 0 Å². The first-order chi connectivity index (χ1) is 26.3. The Bertz CT molecular complexity index is 3170. The molecule has 0 aliphatic carbocycles. The molecule has 11 aromatic rings. The minimum Gasteiger partial charge on any atom is -0.456 e. The Morgan fingerprint density at radius 1 is 0.396 bits per heavy atom. The van der Waals surface area contributed by atoms with Crippen LogP contribution in [0.2, 0.25) is 0 Å². The molecular formula is C50H31NOS. The molecule has 0 radical (unpaired) electrons. The number of anilines is 3. The van der Waals surface area contributed by atoms with Crippen molar-refractivity contribution < 1.29 is 4.42 Å². The van der Waals surface area contributed by atoms with E-state index in [1.54, 1.807) is 0 Å². The van der Waals surface area contributed by atoms with Crippen molar-refractivity contribution in [3.05, 3.63) is 188 Å². The Kier molecular flexibility index (Phi) is 6.76. The van der Waals surface area contributed by atoms with E-state index < -0.39 is 0 Å². The quantitative estimate of drug-likeness (QED) is 0.167. The van der Waals surface area contributed by atoms with Gasteiger partial charge in [0.1, 0.15) is 11.2 Å². The van der Waals surface area contributed by atoms with Crippen molar-refractivity contribution in [2.45, 2.75) is 0 Å². The number of fused-ring (bicyclic) bond motifs is 9. The van der Waals surface area contributed by atoms with Crippen molar-refractivity contribution in [3.8, 4) is 22.3 Å². The van der Waals surface area contributed by atoms with Crippen molar-refractivity contribution in [1.29, 1.82) is 0 Å². The largest absolute Gasteiger partial charge is 0.456 e. The van der Waals surface area contributed by atoms with Crippen LogP contribution < -0.4 is 4.90 Å². The average Bonchev–Trinajstić information content (AvgIpc) is 3.80. The lowest BCUT2D eigenvalue weighted by Gasteiger charge is -2.30. The maximum absolute atomic E-state index is 6.28. The van der Waals surface area contributed by atoms with Gasteiger partial charge in [0.2, 0.25) is 0 Å². The predicted molar refractivity (Wildman–Crippen MR) is 227 cm³/mol. The van der Waals surface area contributed by atoms with Gasteiger partial charge in [-0.15, -0.1) is 11.3 Å². The highest BCUT2D eigenvalue weighted by atomic mass is 32.1. The van der Waals surface area contributed by atoms with Crippen molar-refractivity contribution in [2.75, 3.05) is 4.90 Å². The summed E-state index contributed by atoms with van der Waals surface area (Å²) >= 11 is 1.87. The molecule has 0 amide bonds. The fraction of sp³-hybridized carbons (Fsp3) is 0.